The van der Waals surface area contributed by atoms with E-state index < -0.39 is 0 Å². The van der Waals surface area contributed by atoms with Crippen molar-refractivity contribution in [3.05, 3.63) is 34.3 Å². The van der Waals surface area contributed by atoms with Gasteiger partial charge in [-0.15, -0.1) is 0 Å². The van der Waals surface area contributed by atoms with Crippen LogP contribution in [0.15, 0.2) is 28.7 Å². The Balaban J connectivity index is 1.71. The van der Waals surface area contributed by atoms with Crippen LogP contribution in [0.2, 0.25) is 0 Å². The first-order valence-corrected chi connectivity index (χ1v) is 8.14. The Morgan fingerprint density at radius 1 is 1.40 bits per heavy atom. The van der Waals surface area contributed by atoms with Gasteiger partial charge in [0.2, 0.25) is 0 Å². The molecule has 1 N–H and O–H groups in total. The Labute approximate surface area is 130 Å². The van der Waals surface area contributed by atoms with Crippen LogP contribution in [0, 0.1) is 5.92 Å². The monoisotopic (exact) mass is 341 g/mol. The molecule has 0 bridgehead atoms. The lowest BCUT2D eigenvalue weighted by atomic mass is 10.0. The molecular weight excluding hydrogens is 318 g/mol. The molecule has 3 nitrogen and oxygen atoms in total. The van der Waals surface area contributed by atoms with Gasteiger partial charge in [0.15, 0.2) is 0 Å². The average Bonchev–Trinajstić information content (AvgIpc) is 2.46. The Morgan fingerprint density at radius 3 is 2.80 bits per heavy atom. The number of halogens is 1. The second-order valence-corrected chi connectivity index (χ2v) is 6.62. The van der Waals surface area contributed by atoms with Crippen molar-refractivity contribution in [1.29, 1.82) is 0 Å². The smallest absolute Gasteiger partial charge is 0.0802 e. The quantitative estimate of drug-likeness (QED) is 0.862. The predicted octanol–water partition coefficient (Wildman–Crippen LogP) is 3.23. The van der Waals surface area contributed by atoms with Gasteiger partial charge in [-0.2, -0.15) is 0 Å². The summed E-state index contributed by atoms with van der Waals surface area (Å²) in [5.74, 6) is 0.651. The number of hydrogen-bond acceptors (Lipinski definition) is 3. The third-order valence-corrected chi connectivity index (χ3v) is 4.39. The molecule has 1 aromatic rings. The fourth-order valence-corrected chi connectivity index (χ4v) is 2.94. The molecule has 0 aromatic heterocycles. The van der Waals surface area contributed by atoms with E-state index in [1.54, 1.807) is 0 Å². The molecule has 0 radical (unpaired) electrons. The lowest BCUT2D eigenvalue weighted by Gasteiger charge is -2.27. The zero-order valence-electron chi connectivity index (χ0n) is 12.1. The van der Waals surface area contributed by atoms with Gasteiger partial charge in [-0.1, -0.05) is 28.1 Å². The Morgan fingerprint density at radius 2 is 2.15 bits per heavy atom. The van der Waals surface area contributed by atoms with Crippen LogP contribution in [0.5, 0.6) is 0 Å². The lowest BCUT2D eigenvalue weighted by Crippen LogP contribution is -2.32. The van der Waals surface area contributed by atoms with Crippen LogP contribution in [0.1, 0.15) is 30.9 Å². The molecule has 2 rings (SSSR count). The summed E-state index contributed by atoms with van der Waals surface area (Å²) in [5.41, 5.74) is 0.989. The van der Waals surface area contributed by atoms with Crippen molar-refractivity contribution in [3.8, 4) is 0 Å². The Kier molecular flexibility index (Phi) is 6.49. The molecule has 2 atom stereocenters. The van der Waals surface area contributed by atoms with Crippen LogP contribution in [0.25, 0.3) is 0 Å². The van der Waals surface area contributed by atoms with Gasteiger partial charge in [0, 0.05) is 24.2 Å². The third kappa shape index (κ3) is 5.17. The highest BCUT2D eigenvalue weighted by molar-refractivity contribution is 9.10. The van der Waals surface area contributed by atoms with E-state index in [1.807, 2.05) is 24.3 Å². The first-order chi connectivity index (χ1) is 9.65. The van der Waals surface area contributed by atoms with Crippen molar-refractivity contribution in [2.45, 2.75) is 25.4 Å². The van der Waals surface area contributed by atoms with Gasteiger partial charge in [-0.25, -0.2) is 0 Å². The van der Waals surface area contributed by atoms with Crippen molar-refractivity contribution in [2.24, 2.45) is 5.92 Å². The van der Waals surface area contributed by atoms with Crippen LogP contribution in [-0.4, -0.2) is 43.4 Å². The molecule has 1 fully saturated rings. The van der Waals surface area contributed by atoms with Gasteiger partial charge in [-0.05, 0) is 49.9 Å². The molecule has 0 spiro atoms. The van der Waals surface area contributed by atoms with E-state index in [1.165, 1.54) is 12.8 Å². The van der Waals surface area contributed by atoms with Crippen molar-refractivity contribution in [3.63, 3.8) is 0 Å². The molecule has 1 heterocycles. The van der Waals surface area contributed by atoms with Crippen LogP contribution < -0.4 is 0 Å². The van der Waals surface area contributed by atoms with Gasteiger partial charge in [-0.3, -0.25) is 0 Å². The van der Waals surface area contributed by atoms with Gasteiger partial charge >= 0.3 is 0 Å². The lowest BCUT2D eigenvalue weighted by molar-refractivity contribution is 0.0399. The zero-order chi connectivity index (χ0) is 14.4. The molecule has 2 unspecified atom stereocenters. The number of hydrogen-bond donors (Lipinski definition) is 1. The predicted molar refractivity (Wildman–Crippen MR) is 84.8 cm³/mol. The van der Waals surface area contributed by atoms with Gasteiger partial charge in [0.25, 0.3) is 0 Å². The fourth-order valence-electron chi connectivity index (χ4n) is 2.68. The summed E-state index contributed by atoms with van der Waals surface area (Å²) in [6.45, 7) is 3.78. The molecule has 0 amide bonds. The number of aliphatic hydroxyl groups excluding tert-OH is 1. The topological polar surface area (TPSA) is 32.7 Å². The first kappa shape index (κ1) is 16.0. The summed E-state index contributed by atoms with van der Waals surface area (Å²) < 4.78 is 6.55. The van der Waals surface area contributed by atoms with Crippen LogP contribution in [0.4, 0.5) is 0 Å². The normalized spacial score (nSPS) is 21.1. The minimum absolute atomic E-state index is 0.381. The maximum Gasteiger partial charge on any atom is 0.0802 e. The van der Waals surface area contributed by atoms with E-state index in [4.69, 9.17) is 4.74 Å². The number of rotatable bonds is 6. The van der Waals surface area contributed by atoms with Crippen LogP contribution in [-0.2, 0) is 4.74 Å². The number of ether oxygens (including phenoxy) is 1. The summed E-state index contributed by atoms with van der Waals surface area (Å²) in [6, 6.07) is 7.90. The van der Waals surface area contributed by atoms with Crippen molar-refractivity contribution >= 4 is 15.9 Å². The zero-order valence-corrected chi connectivity index (χ0v) is 13.7. The Bertz CT molecular complexity index is 390. The number of nitrogens with zero attached hydrogens (tertiary/aromatic N) is 1. The summed E-state index contributed by atoms with van der Waals surface area (Å²) >= 11 is 3.41. The minimum atomic E-state index is -0.381. The van der Waals surface area contributed by atoms with E-state index in [0.29, 0.717) is 5.92 Å². The highest BCUT2D eigenvalue weighted by atomic mass is 79.9. The summed E-state index contributed by atoms with van der Waals surface area (Å²) in [4.78, 5) is 2.31. The van der Waals surface area contributed by atoms with Gasteiger partial charge < -0.3 is 14.7 Å². The minimum Gasteiger partial charge on any atom is -0.388 e. The van der Waals surface area contributed by atoms with E-state index >= 15 is 0 Å². The van der Waals surface area contributed by atoms with E-state index in [9.17, 15) is 5.11 Å². The second-order valence-electron chi connectivity index (χ2n) is 5.70. The molecule has 0 saturated carbocycles. The summed E-state index contributed by atoms with van der Waals surface area (Å²) in [6.07, 6.45) is 2.83. The molecule has 20 heavy (non-hydrogen) atoms. The van der Waals surface area contributed by atoms with E-state index in [-0.39, 0.29) is 6.10 Å². The van der Waals surface area contributed by atoms with Crippen LogP contribution in [0.3, 0.4) is 0 Å². The van der Waals surface area contributed by atoms with Gasteiger partial charge in [0.05, 0.1) is 12.7 Å². The van der Waals surface area contributed by atoms with Crippen molar-refractivity contribution in [1.82, 2.24) is 4.90 Å². The molecule has 1 aliphatic heterocycles. The van der Waals surface area contributed by atoms with Crippen molar-refractivity contribution in [2.75, 3.05) is 33.4 Å². The molecule has 1 saturated heterocycles. The maximum absolute atomic E-state index is 10.2. The Hall–Kier alpha value is -0.420. The van der Waals surface area contributed by atoms with E-state index in [2.05, 4.69) is 27.9 Å². The SMILES string of the molecule is CN(CCC(O)c1ccc(Br)cc1)CC1CCCOC1. The average molecular weight is 342 g/mol. The molecular formula is C16H24BrNO2. The highest BCUT2D eigenvalue weighted by Crippen LogP contribution is 2.20. The summed E-state index contributed by atoms with van der Waals surface area (Å²) in [7, 11) is 2.13. The molecule has 1 aromatic carbocycles. The largest absolute Gasteiger partial charge is 0.388 e. The fraction of sp³-hybridized carbons (Fsp3) is 0.625. The number of benzene rings is 1. The molecule has 112 valence electrons. The molecule has 1 aliphatic rings. The van der Waals surface area contributed by atoms with Gasteiger partial charge in [0.1, 0.15) is 0 Å². The van der Waals surface area contributed by atoms with Crippen molar-refractivity contribution < 1.29 is 9.84 Å². The summed E-state index contributed by atoms with van der Waals surface area (Å²) in [5, 5.41) is 10.2. The highest BCUT2D eigenvalue weighted by Gasteiger charge is 2.16. The standard InChI is InChI=1S/C16H24BrNO2/c1-18(11-13-3-2-10-20-12-13)9-8-16(19)14-4-6-15(17)7-5-14/h4-7,13,16,19H,2-3,8-12H2,1H3. The third-order valence-electron chi connectivity index (χ3n) is 3.86. The number of aliphatic hydroxyl groups is 1. The first-order valence-electron chi connectivity index (χ1n) is 7.35. The second kappa shape index (κ2) is 8.13. The molecule has 0 aliphatic carbocycles. The molecule has 4 heteroatoms. The van der Waals surface area contributed by atoms with Crippen LogP contribution >= 0.6 is 15.9 Å². The maximum atomic E-state index is 10.2. The van der Waals surface area contributed by atoms with E-state index in [0.717, 1.165) is 42.8 Å².